The number of rotatable bonds is 8. The highest BCUT2D eigenvalue weighted by Gasteiger charge is 2.35. The number of carbonyl (C=O) groups is 1. The molecule has 2 heterocycles. The molecule has 2 aromatic carbocycles. The lowest BCUT2D eigenvalue weighted by Gasteiger charge is -2.34. The molecule has 1 saturated heterocycles. The Morgan fingerprint density at radius 3 is 2.43 bits per heavy atom. The number of benzene rings is 2. The van der Waals surface area contributed by atoms with Crippen LogP contribution < -0.4 is 19.1 Å². The van der Waals surface area contributed by atoms with Gasteiger partial charge in [-0.25, -0.2) is 16.8 Å². The summed E-state index contributed by atoms with van der Waals surface area (Å²) < 4.78 is 63.8. The van der Waals surface area contributed by atoms with Crippen molar-refractivity contribution in [3.05, 3.63) is 48.0 Å². The summed E-state index contributed by atoms with van der Waals surface area (Å²) in [6.45, 7) is 3.10. The quantitative estimate of drug-likeness (QED) is 0.521. The van der Waals surface area contributed by atoms with Crippen molar-refractivity contribution in [3.8, 4) is 11.5 Å². The fourth-order valence-corrected chi connectivity index (χ4v) is 6.48. The molecule has 2 aliphatic heterocycles. The molecule has 12 heteroatoms. The van der Waals surface area contributed by atoms with E-state index in [1.54, 1.807) is 30.3 Å². The maximum atomic E-state index is 12.7. The van der Waals surface area contributed by atoms with Crippen LogP contribution in [0.2, 0.25) is 0 Å². The number of amides is 1. The van der Waals surface area contributed by atoms with Gasteiger partial charge in [-0.1, -0.05) is 6.07 Å². The molecule has 1 fully saturated rings. The number of nitrogens with one attached hydrogen (secondary N) is 1. The van der Waals surface area contributed by atoms with Crippen molar-refractivity contribution in [2.75, 3.05) is 43.3 Å². The summed E-state index contributed by atoms with van der Waals surface area (Å²) in [4.78, 5) is 12.9. The van der Waals surface area contributed by atoms with Gasteiger partial charge in [0.05, 0.1) is 29.9 Å². The summed E-state index contributed by atoms with van der Waals surface area (Å²) in [6, 6.07) is 11.3. The topological polar surface area (TPSA) is 122 Å². The lowest BCUT2D eigenvalue weighted by Crippen LogP contribution is -2.51. The van der Waals surface area contributed by atoms with Gasteiger partial charge in [0.25, 0.3) is 5.91 Å². The molecule has 1 atom stereocenters. The Hall–Kier alpha value is -2.83. The predicted octanol–water partition coefficient (Wildman–Crippen LogP) is 1.50. The third kappa shape index (κ3) is 5.71. The van der Waals surface area contributed by atoms with Crippen LogP contribution in [0.4, 0.5) is 5.69 Å². The first-order valence-electron chi connectivity index (χ1n) is 11.3. The highest BCUT2D eigenvalue weighted by atomic mass is 32.2. The standard InChI is InChI=1S/C23H29N3O7S2/c1-17-5-10-21-20(15-17)26(34(2,28)29)16-22(33-21)23(27)24-11-14-32-18-6-8-19(9-7-18)35(30,31)25-12-3-4-13-25/h5-10,15,22H,3-4,11-14,16H2,1-2H3,(H,24,27). The van der Waals surface area contributed by atoms with Crippen molar-refractivity contribution in [1.82, 2.24) is 9.62 Å². The van der Waals surface area contributed by atoms with Crippen molar-refractivity contribution in [2.45, 2.75) is 30.8 Å². The Bertz CT molecular complexity index is 1290. The zero-order valence-corrected chi connectivity index (χ0v) is 21.3. The van der Waals surface area contributed by atoms with Crippen LogP contribution in [0.5, 0.6) is 11.5 Å². The van der Waals surface area contributed by atoms with Crippen molar-refractivity contribution in [2.24, 2.45) is 0 Å². The van der Waals surface area contributed by atoms with Gasteiger partial charge in [-0.15, -0.1) is 0 Å². The number of carbonyl (C=O) groups excluding carboxylic acids is 1. The first-order chi connectivity index (χ1) is 16.6. The number of nitrogens with zero attached hydrogens (tertiary/aromatic N) is 2. The molecule has 0 saturated carbocycles. The fourth-order valence-electron chi connectivity index (χ4n) is 4.05. The number of ether oxygens (including phenoxy) is 2. The Balaban J connectivity index is 1.30. The van der Waals surface area contributed by atoms with Crippen LogP contribution >= 0.6 is 0 Å². The maximum absolute atomic E-state index is 12.7. The van der Waals surface area contributed by atoms with Crippen molar-refractivity contribution in [3.63, 3.8) is 0 Å². The van der Waals surface area contributed by atoms with Gasteiger partial charge in [-0.2, -0.15) is 4.31 Å². The molecule has 0 aliphatic carbocycles. The second-order valence-corrected chi connectivity index (χ2v) is 12.4. The van der Waals surface area contributed by atoms with E-state index in [1.165, 1.54) is 20.7 Å². The van der Waals surface area contributed by atoms with Gasteiger partial charge in [0.15, 0.2) is 6.10 Å². The van der Waals surface area contributed by atoms with E-state index in [0.717, 1.165) is 24.7 Å². The van der Waals surface area contributed by atoms with Crippen LogP contribution in [0.25, 0.3) is 0 Å². The van der Waals surface area contributed by atoms with E-state index in [-0.39, 0.29) is 24.6 Å². The molecule has 1 N–H and O–H groups in total. The number of hydrogen-bond acceptors (Lipinski definition) is 7. The van der Waals surface area contributed by atoms with E-state index in [4.69, 9.17) is 9.47 Å². The molecule has 1 unspecified atom stereocenters. The van der Waals surface area contributed by atoms with Gasteiger partial charge in [0.2, 0.25) is 20.0 Å². The fraction of sp³-hybridized carbons (Fsp3) is 0.435. The average Bonchev–Trinajstić information content (AvgIpc) is 3.37. The second-order valence-electron chi connectivity index (χ2n) is 8.59. The molecule has 2 aliphatic rings. The normalized spacial score (nSPS) is 18.6. The molecule has 10 nitrogen and oxygen atoms in total. The molecule has 1 amide bonds. The van der Waals surface area contributed by atoms with Gasteiger partial charge in [-0.3, -0.25) is 9.10 Å². The van der Waals surface area contributed by atoms with Gasteiger partial charge < -0.3 is 14.8 Å². The van der Waals surface area contributed by atoms with Crippen LogP contribution in [-0.2, 0) is 24.8 Å². The van der Waals surface area contributed by atoms with E-state index in [0.29, 0.717) is 30.3 Å². The zero-order valence-electron chi connectivity index (χ0n) is 19.6. The van der Waals surface area contributed by atoms with E-state index in [1.807, 2.05) is 6.92 Å². The lowest BCUT2D eigenvalue weighted by molar-refractivity contribution is -0.127. The van der Waals surface area contributed by atoms with Crippen LogP contribution in [0, 0.1) is 6.92 Å². The summed E-state index contributed by atoms with van der Waals surface area (Å²) in [5.41, 5.74) is 1.29. The summed E-state index contributed by atoms with van der Waals surface area (Å²) in [6.07, 6.45) is 1.83. The Kier molecular flexibility index (Phi) is 7.25. The number of sulfonamides is 2. The smallest absolute Gasteiger partial charge is 0.263 e. The summed E-state index contributed by atoms with van der Waals surface area (Å²) in [5.74, 6) is 0.342. The van der Waals surface area contributed by atoms with Gasteiger partial charge in [-0.05, 0) is 61.7 Å². The average molecular weight is 524 g/mol. The summed E-state index contributed by atoms with van der Waals surface area (Å²) >= 11 is 0. The molecule has 35 heavy (non-hydrogen) atoms. The molecule has 0 aromatic heterocycles. The highest BCUT2D eigenvalue weighted by Crippen LogP contribution is 2.35. The van der Waals surface area contributed by atoms with E-state index < -0.39 is 32.1 Å². The number of hydrogen-bond donors (Lipinski definition) is 1. The van der Waals surface area contributed by atoms with Crippen molar-refractivity contribution >= 4 is 31.6 Å². The third-order valence-corrected chi connectivity index (χ3v) is 8.93. The lowest BCUT2D eigenvalue weighted by atomic mass is 10.1. The van der Waals surface area contributed by atoms with Gasteiger partial charge in [0.1, 0.15) is 18.1 Å². The van der Waals surface area contributed by atoms with Gasteiger partial charge in [0, 0.05) is 13.1 Å². The van der Waals surface area contributed by atoms with E-state index in [9.17, 15) is 21.6 Å². The molecule has 2 aromatic rings. The molecule has 0 spiro atoms. The molecular weight excluding hydrogens is 494 g/mol. The summed E-state index contributed by atoms with van der Waals surface area (Å²) in [7, 11) is -7.08. The molecule has 190 valence electrons. The number of fused-ring (bicyclic) bond motifs is 1. The Morgan fingerprint density at radius 1 is 1.09 bits per heavy atom. The van der Waals surface area contributed by atoms with E-state index in [2.05, 4.69) is 5.32 Å². The molecule has 0 radical (unpaired) electrons. The first-order valence-corrected chi connectivity index (χ1v) is 14.6. The largest absolute Gasteiger partial charge is 0.492 e. The molecular formula is C23H29N3O7S2. The minimum absolute atomic E-state index is 0.130. The molecule has 0 bridgehead atoms. The second kappa shape index (κ2) is 10.0. The minimum Gasteiger partial charge on any atom is -0.492 e. The van der Waals surface area contributed by atoms with Crippen molar-refractivity contribution < 1.29 is 31.1 Å². The number of anilines is 1. The predicted molar refractivity (Wildman–Crippen MR) is 131 cm³/mol. The third-order valence-electron chi connectivity index (χ3n) is 5.87. The van der Waals surface area contributed by atoms with E-state index >= 15 is 0 Å². The van der Waals surface area contributed by atoms with Gasteiger partial charge >= 0.3 is 0 Å². The van der Waals surface area contributed by atoms with Crippen LogP contribution in [-0.4, -0.2) is 72.2 Å². The first kappa shape index (κ1) is 25.3. The molecule has 4 rings (SSSR count). The number of aryl methyl sites for hydroxylation is 1. The van der Waals surface area contributed by atoms with Crippen molar-refractivity contribution in [1.29, 1.82) is 0 Å². The summed E-state index contributed by atoms with van der Waals surface area (Å²) in [5, 5.41) is 2.70. The maximum Gasteiger partial charge on any atom is 0.263 e. The Morgan fingerprint density at radius 2 is 1.77 bits per heavy atom. The minimum atomic E-state index is -3.60. The Labute approximate surface area is 205 Å². The SMILES string of the molecule is Cc1ccc2c(c1)N(S(C)(=O)=O)CC(C(=O)NCCOc1ccc(S(=O)(=O)N3CCCC3)cc1)O2. The highest BCUT2D eigenvalue weighted by molar-refractivity contribution is 7.92. The monoisotopic (exact) mass is 523 g/mol. The zero-order chi connectivity index (χ0) is 25.2. The van der Waals surface area contributed by atoms with Crippen LogP contribution in [0.1, 0.15) is 18.4 Å². The van der Waals surface area contributed by atoms with Crippen LogP contribution in [0.15, 0.2) is 47.4 Å². The van der Waals surface area contributed by atoms with Crippen LogP contribution in [0.3, 0.4) is 0 Å².